The molecule has 0 spiro atoms. The Hall–Kier alpha value is -1.28. The molecule has 2 heteroatoms. The minimum atomic E-state index is 0.316. The van der Waals surface area contributed by atoms with Gasteiger partial charge >= 0.3 is 0 Å². The fourth-order valence-electron chi connectivity index (χ4n) is 2.69. The Bertz CT molecular complexity index is 554. The molecular weight excluding hydrogens is 234 g/mol. The summed E-state index contributed by atoms with van der Waals surface area (Å²) in [6, 6.07) is 6.94. The zero-order valence-corrected chi connectivity index (χ0v) is 12.7. The number of nitrogens with one attached hydrogen (secondary N) is 1. The molecule has 104 valence electrons. The standard InChI is InChI=1S/C17H25NO/c1-6-7-15(18-5)16-10-14-13(11(2)3)9-8-12(4)17(14)19-16/h8-11,15,18H,6-7H2,1-5H3. The Labute approximate surface area is 116 Å². The summed E-state index contributed by atoms with van der Waals surface area (Å²) in [7, 11) is 2.00. The molecule has 0 fully saturated rings. The molecule has 0 aliphatic rings. The first-order valence-electron chi connectivity index (χ1n) is 7.28. The first-order valence-corrected chi connectivity index (χ1v) is 7.28. The average molecular weight is 259 g/mol. The molecule has 2 rings (SSSR count). The number of hydrogen-bond acceptors (Lipinski definition) is 2. The maximum Gasteiger partial charge on any atom is 0.137 e. The van der Waals surface area contributed by atoms with Crippen molar-refractivity contribution in [3.05, 3.63) is 35.1 Å². The monoisotopic (exact) mass is 259 g/mol. The molecule has 0 radical (unpaired) electrons. The average Bonchev–Trinajstić information content (AvgIpc) is 2.81. The molecule has 0 saturated carbocycles. The van der Waals surface area contributed by atoms with Crippen molar-refractivity contribution in [1.29, 1.82) is 0 Å². The Kier molecular flexibility index (Phi) is 4.31. The van der Waals surface area contributed by atoms with E-state index in [1.807, 2.05) is 7.05 Å². The van der Waals surface area contributed by atoms with Gasteiger partial charge in [-0.3, -0.25) is 0 Å². The maximum atomic E-state index is 6.13. The van der Waals surface area contributed by atoms with Crippen LogP contribution in [-0.2, 0) is 0 Å². The van der Waals surface area contributed by atoms with Crippen LogP contribution in [0.15, 0.2) is 22.6 Å². The van der Waals surface area contributed by atoms with Crippen molar-refractivity contribution in [3.8, 4) is 0 Å². The summed E-state index contributed by atoms with van der Waals surface area (Å²) in [6.07, 6.45) is 2.25. The molecule has 2 aromatic rings. The largest absolute Gasteiger partial charge is 0.459 e. The van der Waals surface area contributed by atoms with Gasteiger partial charge < -0.3 is 9.73 Å². The second-order valence-corrected chi connectivity index (χ2v) is 5.65. The second-order valence-electron chi connectivity index (χ2n) is 5.65. The maximum absolute atomic E-state index is 6.13. The predicted molar refractivity (Wildman–Crippen MR) is 81.7 cm³/mol. The van der Waals surface area contributed by atoms with Crippen molar-refractivity contribution in [1.82, 2.24) is 5.32 Å². The number of rotatable bonds is 5. The highest BCUT2D eigenvalue weighted by atomic mass is 16.3. The summed E-state index contributed by atoms with van der Waals surface area (Å²) in [5.74, 6) is 1.59. The molecule has 2 nitrogen and oxygen atoms in total. The fraction of sp³-hybridized carbons (Fsp3) is 0.529. The molecule has 1 heterocycles. The van der Waals surface area contributed by atoms with E-state index >= 15 is 0 Å². The van der Waals surface area contributed by atoms with Crippen molar-refractivity contribution in [2.45, 2.75) is 52.5 Å². The molecule has 0 aliphatic heterocycles. The van der Waals surface area contributed by atoms with Gasteiger partial charge in [0, 0.05) is 5.39 Å². The Balaban J connectivity index is 2.55. The van der Waals surface area contributed by atoms with Crippen LogP contribution in [0.5, 0.6) is 0 Å². The summed E-state index contributed by atoms with van der Waals surface area (Å²) < 4.78 is 6.13. The van der Waals surface area contributed by atoms with Crippen LogP contribution in [0.25, 0.3) is 11.0 Å². The number of furan rings is 1. The number of hydrogen-bond donors (Lipinski definition) is 1. The van der Waals surface area contributed by atoms with Crippen LogP contribution in [0.1, 0.15) is 62.5 Å². The third-order valence-electron chi connectivity index (χ3n) is 3.82. The Morgan fingerprint density at radius 3 is 2.58 bits per heavy atom. The molecule has 1 atom stereocenters. The van der Waals surface area contributed by atoms with Gasteiger partial charge in [0.25, 0.3) is 0 Å². The highest BCUT2D eigenvalue weighted by Crippen LogP contribution is 2.33. The lowest BCUT2D eigenvalue weighted by molar-refractivity contribution is 0.429. The third kappa shape index (κ3) is 2.69. The molecule has 0 amide bonds. The number of fused-ring (bicyclic) bond motifs is 1. The zero-order chi connectivity index (χ0) is 14.0. The van der Waals surface area contributed by atoms with E-state index in [1.54, 1.807) is 0 Å². The molecule has 1 unspecified atom stereocenters. The summed E-state index contributed by atoms with van der Waals surface area (Å²) in [6.45, 7) is 8.79. The predicted octanol–water partition coefficient (Wildman–Crippen LogP) is 4.93. The minimum Gasteiger partial charge on any atom is -0.459 e. The van der Waals surface area contributed by atoms with Crippen LogP contribution in [0, 0.1) is 6.92 Å². The van der Waals surface area contributed by atoms with Crippen molar-refractivity contribution in [3.63, 3.8) is 0 Å². The summed E-state index contributed by atoms with van der Waals surface area (Å²) in [4.78, 5) is 0. The lowest BCUT2D eigenvalue weighted by Crippen LogP contribution is -2.15. The molecule has 0 saturated heterocycles. The molecule has 1 N–H and O–H groups in total. The summed E-state index contributed by atoms with van der Waals surface area (Å²) >= 11 is 0. The van der Waals surface area contributed by atoms with Gasteiger partial charge in [-0.05, 0) is 43.5 Å². The van der Waals surface area contributed by atoms with Gasteiger partial charge in [0.15, 0.2) is 0 Å². The molecule has 19 heavy (non-hydrogen) atoms. The highest BCUT2D eigenvalue weighted by molar-refractivity contribution is 5.85. The first-order chi connectivity index (χ1) is 9.08. The van der Waals surface area contributed by atoms with E-state index < -0.39 is 0 Å². The van der Waals surface area contributed by atoms with Crippen LogP contribution < -0.4 is 5.32 Å². The molecule has 1 aromatic carbocycles. The Morgan fingerprint density at radius 2 is 2.00 bits per heavy atom. The smallest absolute Gasteiger partial charge is 0.137 e. The fourth-order valence-corrected chi connectivity index (χ4v) is 2.69. The van der Waals surface area contributed by atoms with E-state index in [-0.39, 0.29) is 0 Å². The van der Waals surface area contributed by atoms with E-state index in [9.17, 15) is 0 Å². The van der Waals surface area contributed by atoms with E-state index in [0.717, 1.165) is 24.2 Å². The quantitative estimate of drug-likeness (QED) is 0.824. The first kappa shape index (κ1) is 14.1. The van der Waals surface area contributed by atoms with E-state index in [0.29, 0.717) is 12.0 Å². The van der Waals surface area contributed by atoms with Gasteiger partial charge in [0.2, 0.25) is 0 Å². The van der Waals surface area contributed by atoms with Crippen molar-refractivity contribution in [2.24, 2.45) is 0 Å². The SMILES string of the molecule is CCCC(NC)c1cc2c(C(C)C)ccc(C)c2o1. The zero-order valence-electron chi connectivity index (χ0n) is 12.7. The van der Waals surface area contributed by atoms with Crippen LogP contribution in [0.4, 0.5) is 0 Å². The topological polar surface area (TPSA) is 25.2 Å². The molecule has 0 aliphatic carbocycles. The van der Waals surface area contributed by atoms with Crippen LogP contribution in [-0.4, -0.2) is 7.05 Å². The lowest BCUT2D eigenvalue weighted by atomic mass is 9.97. The molecule has 0 bridgehead atoms. The van der Waals surface area contributed by atoms with Crippen molar-refractivity contribution < 1.29 is 4.42 Å². The highest BCUT2D eigenvalue weighted by Gasteiger charge is 2.17. The number of benzene rings is 1. The lowest BCUT2D eigenvalue weighted by Gasteiger charge is -2.11. The Morgan fingerprint density at radius 1 is 1.26 bits per heavy atom. The van der Waals surface area contributed by atoms with Gasteiger partial charge in [-0.25, -0.2) is 0 Å². The third-order valence-corrected chi connectivity index (χ3v) is 3.82. The van der Waals surface area contributed by atoms with E-state index in [1.165, 1.54) is 16.5 Å². The van der Waals surface area contributed by atoms with Gasteiger partial charge in [-0.1, -0.05) is 39.3 Å². The van der Waals surface area contributed by atoms with Crippen LogP contribution >= 0.6 is 0 Å². The molecule has 1 aromatic heterocycles. The van der Waals surface area contributed by atoms with Crippen LogP contribution in [0.2, 0.25) is 0 Å². The normalized spacial score (nSPS) is 13.4. The summed E-state index contributed by atoms with van der Waals surface area (Å²) in [5, 5.41) is 4.63. The molecular formula is C17H25NO. The second kappa shape index (κ2) is 5.79. The van der Waals surface area contributed by atoms with Crippen molar-refractivity contribution >= 4 is 11.0 Å². The van der Waals surface area contributed by atoms with Gasteiger partial charge in [0.05, 0.1) is 6.04 Å². The van der Waals surface area contributed by atoms with E-state index in [4.69, 9.17) is 4.42 Å². The van der Waals surface area contributed by atoms with Gasteiger partial charge in [0.1, 0.15) is 11.3 Å². The minimum absolute atomic E-state index is 0.316. The van der Waals surface area contributed by atoms with Gasteiger partial charge in [-0.2, -0.15) is 0 Å². The van der Waals surface area contributed by atoms with Gasteiger partial charge in [-0.15, -0.1) is 0 Å². The van der Waals surface area contributed by atoms with E-state index in [2.05, 4.69) is 51.2 Å². The number of aryl methyl sites for hydroxylation is 1. The summed E-state index contributed by atoms with van der Waals surface area (Å²) in [5.41, 5.74) is 3.65. The van der Waals surface area contributed by atoms with Crippen molar-refractivity contribution in [2.75, 3.05) is 7.05 Å². The van der Waals surface area contributed by atoms with Crippen LogP contribution in [0.3, 0.4) is 0 Å².